The summed E-state index contributed by atoms with van der Waals surface area (Å²) in [6.45, 7) is 2.25. The molecule has 2 rings (SSSR count). The summed E-state index contributed by atoms with van der Waals surface area (Å²) < 4.78 is 18.7. The van der Waals surface area contributed by atoms with E-state index >= 15 is 0 Å². The number of benzene rings is 1. The fourth-order valence-electron chi connectivity index (χ4n) is 2.44. The average molecular weight is 295 g/mol. The van der Waals surface area contributed by atoms with Gasteiger partial charge in [0, 0.05) is 12.5 Å². The topological polar surface area (TPSA) is 66.8 Å². The normalized spacial score (nSPS) is 20.1. The minimum atomic E-state index is -1.08. The number of hydrogen-bond acceptors (Lipinski definition) is 3. The molecule has 21 heavy (non-hydrogen) atoms. The lowest BCUT2D eigenvalue weighted by Crippen LogP contribution is -2.54. The number of hydrogen-bond donors (Lipinski definition) is 1. The van der Waals surface area contributed by atoms with Crippen molar-refractivity contribution in [2.45, 2.75) is 19.4 Å². The zero-order valence-electron chi connectivity index (χ0n) is 11.8. The first-order chi connectivity index (χ1) is 10.0. The van der Waals surface area contributed by atoms with Crippen LogP contribution in [-0.4, -0.2) is 47.7 Å². The number of amides is 1. The molecule has 0 unspecified atom stereocenters. The fourth-order valence-corrected chi connectivity index (χ4v) is 2.44. The van der Waals surface area contributed by atoms with Crippen molar-refractivity contribution in [1.29, 1.82) is 0 Å². The Morgan fingerprint density at radius 1 is 1.48 bits per heavy atom. The maximum absolute atomic E-state index is 13.6. The molecule has 1 fully saturated rings. The fraction of sp³-hybridized carbons (Fsp3) is 0.467. The molecule has 114 valence electrons. The molecule has 2 atom stereocenters. The van der Waals surface area contributed by atoms with Crippen molar-refractivity contribution in [3.8, 4) is 0 Å². The second-order valence-corrected chi connectivity index (χ2v) is 5.16. The molecular formula is C15H18FNO4. The van der Waals surface area contributed by atoms with Crippen LogP contribution in [0.1, 0.15) is 12.5 Å². The third-order valence-corrected chi connectivity index (χ3v) is 3.60. The van der Waals surface area contributed by atoms with Crippen LogP contribution in [0, 0.1) is 11.7 Å². The number of morpholine rings is 1. The van der Waals surface area contributed by atoms with E-state index in [9.17, 15) is 14.0 Å². The van der Waals surface area contributed by atoms with Gasteiger partial charge in [0.2, 0.25) is 5.91 Å². The first kappa shape index (κ1) is 15.4. The lowest BCUT2D eigenvalue weighted by Gasteiger charge is -2.34. The number of nitrogens with zero attached hydrogens (tertiary/aromatic N) is 1. The van der Waals surface area contributed by atoms with Crippen LogP contribution in [0.3, 0.4) is 0 Å². The lowest BCUT2D eigenvalue weighted by atomic mass is 9.98. The molecule has 0 radical (unpaired) electrons. The Kier molecular flexibility index (Phi) is 4.90. The number of aliphatic carboxylic acids is 1. The molecule has 1 aliphatic rings. The zero-order chi connectivity index (χ0) is 15.4. The van der Waals surface area contributed by atoms with Crippen molar-refractivity contribution in [2.75, 3.05) is 19.8 Å². The van der Waals surface area contributed by atoms with Crippen molar-refractivity contribution in [1.82, 2.24) is 4.90 Å². The van der Waals surface area contributed by atoms with E-state index in [1.807, 2.05) is 0 Å². The number of halogens is 1. The maximum Gasteiger partial charge on any atom is 0.328 e. The molecule has 0 saturated carbocycles. The Morgan fingerprint density at radius 2 is 2.19 bits per heavy atom. The second kappa shape index (κ2) is 6.67. The van der Waals surface area contributed by atoms with Gasteiger partial charge < -0.3 is 14.7 Å². The van der Waals surface area contributed by atoms with Crippen LogP contribution in [0.2, 0.25) is 0 Å². The molecule has 1 amide bonds. The number of carbonyl (C=O) groups is 2. The highest BCUT2D eigenvalue weighted by atomic mass is 19.1. The van der Waals surface area contributed by atoms with E-state index in [0.717, 1.165) is 0 Å². The molecule has 0 aromatic heterocycles. The number of carboxylic acids is 1. The highest BCUT2D eigenvalue weighted by molar-refractivity contribution is 5.85. The summed E-state index contributed by atoms with van der Waals surface area (Å²) in [6.07, 6.45) is 0.245. The van der Waals surface area contributed by atoms with Crippen LogP contribution in [0.4, 0.5) is 4.39 Å². The molecule has 1 aliphatic heterocycles. The number of rotatable bonds is 4. The maximum atomic E-state index is 13.6. The van der Waals surface area contributed by atoms with Crippen LogP contribution in [0.25, 0.3) is 0 Å². The van der Waals surface area contributed by atoms with E-state index in [-0.39, 0.29) is 31.3 Å². The zero-order valence-corrected chi connectivity index (χ0v) is 11.8. The van der Waals surface area contributed by atoms with Gasteiger partial charge in [-0.3, -0.25) is 4.79 Å². The van der Waals surface area contributed by atoms with Gasteiger partial charge >= 0.3 is 5.97 Å². The third kappa shape index (κ3) is 3.58. The summed E-state index contributed by atoms with van der Waals surface area (Å²) in [5.74, 6) is -2.20. The van der Waals surface area contributed by atoms with Crippen LogP contribution < -0.4 is 0 Å². The largest absolute Gasteiger partial charge is 0.480 e. The third-order valence-electron chi connectivity index (χ3n) is 3.60. The predicted molar refractivity (Wildman–Crippen MR) is 73.2 cm³/mol. The van der Waals surface area contributed by atoms with E-state index in [1.54, 1.807) is 25.1 Å². The smallest absolute Gasteiger partial charge is 0.328 e. The Balaban J connectivity index is 2.07. The van der Waals surface area contributed by atoms with E-state index in [0.29, 0.717) is 12.2 Å². The predicted octanol–water partition coefficient (Wildman–Crippen LogP) is 1.32. The van der Waals surface area contributed by atoms with E-state index in [2.05, 4.69) is 0 Å². The first-order valence-corrected chi connectivity index (χ1v) is 6.85. The van der Waals surface area contributed by atoms with E-state index < -0.39 is 17.9 Å². The number of carbonyl (C=O) groups excluding carboxylic acids is 1. The van der Waals surface area contributed by atoms with Crippen LogP contribution in [0.5, 0.6) is 0 Å². The second-order valence-electron chi connectivity index (χ2n) is 5.16. The molecule has 1 aromatic rings. The summed E-state index contributed by atoms with van der Waals surface area (Å²) in [5.41, 5.74) is 0.457. The summed E-state index contributed by atoms with van der Waals surface area (Å²) in [7, 11) is 0. The van der Waals surface area contributed by atoms with Gasteiger partial charge in [0.1, 0.15) is 5.82 Å². The van der Waals surface area contributed by atoms with Crippen molar-refractivity contribution < 1.29 is 23.8 Å². The summed E-state index contributed by atoms with van der Waals surface area (Å²) in [4.78, 5) is 24.9. The average Bonchev–Trinajstić information content (AvgIpc) is 2.48. The van der Waals surface area contributed by atoms with Gasteiger partial charge in [-0.05, 0) is 18.1 Å². The summed E-state index contributed by atoms with van der Waals surface area (Å²) >= 11 is 0. The highest BCUT2D eigenvalue weighted by Gasteiger charge is 2.34. The van der Waals surface area contributed by atoms with Crippen LogP contribution in [-0.2, 0) is 20.7 Å². The summed E-state index contributed by atoms with van der Waals surface area (Å²) in [6, 6.07) is 5.32. The first-order valence-electron chi connectivity index (χ1n) is 6.85. The van der Waals surface area contributed by atoms with Crippen molar-refractivity contribution in [3.05, 3.63) is 35.6 Å². The Hall–Kier alpha value is -1.95. The number of ether oxygens (including phenoxy) is 1. The molecule has 1 N–H and O–H groups in total. The lowest BCUT2D eigenvalue weighted by molar-refractivity contribution is -0.160. The van der Waals surface area contributed by atoms with Crippen LogP contribution in [0.15, 0.2) is 24.3 Å². The highest BCUT2D eigenvalue weighted by Crippen LogP contribution is 2.17. The Bertz CT molecular complexity index is 534. The Labute approximate surface area is 122 Å². The molecule has 0 aliphatic carbocycles. The van der Waals surface area contributed by atoms with Gasteiger partial charge in [0.15, 0.2) is 6.04 Å². The monoisotopic (exact) mass is 295 g/mol. The molecule has 6 heteroatoms. The SMILES string of the molecule is C[C@@H](Cc1ccccc1F)C(=O)N1CCOC[C@H]1C(=O)O. The quantitative estimate of drug-likeness (QED) is 0.909. The Morgan fingerprint density at radius 3 is 2.86 bits per heavy atom. The van der Waals surface area contributed by atoms with Gasteiger partial charge in [0.25, 0.3) is 0 Å². The number of carboxylic acid groups (broad SMARTS) is 1. The minimum absolute atomic E-state index is 0.00646. The molecular weight excluding hydrogens is 277 g/mol. The van der Waals surface area contributed by atoms with Gasteiger partial charge in [0.05, 0.1) is 13.2 Å². The minimum Gasteiger partial charge on any atom is -0.480 e. The molecule has 1 saturated heterocycles. The van der Waals surface area contributed by atoms with Gasteiger partial charge in [-0.25, -0.2) is 9.18 Å². The van der Waals surface area contributed by atoms with Gasteiger partial charge in [-0.15, -0.1) is 0 Å². The standard InChI is InChI=1S/C15H18FNO4/c1-10(8-11-4-2-3-5-12(11)16)14(18)17-6-7-21-9-13(17)15(19)20/h2-5,10,13H,6-9H2,1H3,(H,19,20)/t10-,13-/m0/s1. The molecule has 1 heterocycles. The molecule has 0 bridgehead atoms. The van der Waals surface area contributed by atoms with Crippen molar-refractivity contribution in [2.24, 2.45) is 5.92 Å². The van der Waals surface area contributed by atoms with Gasteiger partial charge in [-0.1, -0.05) is 25.1 Å². The van der Waals surface area contributed by atoms with Gasteiger partial charge in [-0.2, -0.15) is 0 Å². The molecule has 5 nitrogen and oxygen atoms in total. The van der Waals surface area contributed by atoms with Crippen LogP contribution >= 0.6 is 0 Å². The van der Waals surface area contributed by atoms with Crippen molar-refractivity contribution in [3.63, 3.8) is 0 Å². The van der Waals surface area contributed by atoms with E-state index in [1.165, 1.54) is 11.0 Å². The van der Waals surface area contributed by atoms with Crippen molar-refractivity contribution >= 4 is 11.9 Å². The van der Waals surface area contributed by atoms with E-state index in [4.69, 9.17) is 9.84 Å². The summed E-state index contributed by atoms with van der Waals surface area (Å²) in [5, 5.41) is 9.14. The molecule has 0 spiro atoms. The molecule has 1 aromatic carbocycles.